The quantitative estimate of drug-likeness (QED) is 0.120. The van der Waals surface area contributed by atoms with E-state index in [0.717, 1.165) is 37.3 Å². The average Bonchev–Trinajstić information content (AvgIpc) is 3.11. The summed E-state index contributed by atoms with van der Waals surface area (Å²) in [4.78, 5) is 12.7. The maximum atomic E-state index is 4.00. The van der Waals surface area contributed by atoms with E-state index in [4.69, 9.17) is 0 Å². The summed E-state index contributed by atoms with van der Waals surface area (Å²) >= 11 is 0. The molecule has 2 heterocycles. The van der Waals surface area contributed by atoms with Crippen LogP contribution in [0.1, 0.15) is 49.9 Å². The number of halogens is 2. The van der Waals surface area contributed by atoms with Gasteiger partial charge in [-0.05, 0) is 98.5 Å². The third-order valence-corrected chi connectivity index (χ3v) is 7.28. The van der Waals surface area contributed by atoms with E-state index in [9.17, 15) is 0 Å². The van der Waals surface area contributed by atoms with Crippen molar-refractivity contribution in [1.29, 1.82) is 0 Å². The van der Waals surface area contributed by atoms with E-state index in [2.05, 4.69) is 132 Å². The van der Waals surface area contributed by atoms with Gasteiger partial charge in [0.05, 0.1) is 0 Å². The highest BCUT2D eigenvalue weighted by Crippen LogP contribution is 2.17. The Balaban J connectivity index is 0.000000461. The Hall–Kier alpha value is -4.26. The summed E-state index contributed by atoms with van der Waals surface area (Å²) in [6.07, 6.45) is 31.8. The van der Waals surface area contributed by atoms with Crippen LogP contribution in [-0.4, -0.2) is 36.1 Å². The zero-order chi connectivity index (χ0) is 32.7. The van der Waals surface area contributed by atoms with Crippen LogP contribution >= 0.6 is 34.0 Å². The molecule has 0 spiro atoms. The molecule has 0 aliphatic carbocycles. The van der Waals surface area contributed by atoms with Crippen LogP contribution in [0.5, 0.6) is 0 Å². The number of hydrogen-bond acceptors (Lipinski definition) is 4. The van der Waals surface area contributed by atoms with Gasteiger partial charge >= 0.3 is 0 Å². The van der Waals surface area contributed by atoms with Crippen molar-refractivity contribution in [3.63, 3.8) is 0 Å². The van der Waals surface area contributed by atoms with Crippen molar-refractivity contribution < 1.29 is 0 Å². The summed E-state index contributed by atoms with van der Waals surface area (Å²) in [7, 11) is 0. The van der Waals surface area contributed by atoms with Crippen molar-refractivity contribution in [2.75, 3.05) is 36.0 Å². The lowest BCUT2D eigenvalue weighted by molar-refractivity contribution is 0.866. The smallest absolute Gasteiger partial charge is 0.0366 e. The van der Waals surface area contributed by atoms with Gasteiger partial charge in [0.2, 0.25) is 0 Å². The maximum Gasteiger partial charge on any atom is 0.0366 e. The monoisotopic (exact) mass is 768 g/mol. The first-order valence-electron chi connectivity index (χ1n) is 16.2. The van der Waals surface area contributed by atoms with Gasteiger partial charge in [-0.2, -0.15) is 0 Å². The van der Waals surface area contributed by atoms with E-state index in [1.807, 2.05) is 60.7 Å². The van der Waals surface area contributed by atoms with Gasteiger partial charge in [-0.3, -0.25) is 9.97 Å². The molecule has 0 fully saturated rings. The van der Waals surface area contributed by atoms with Crippen LogP contribution in [0.2, 0.25) is 0 Å². The van der Waals surface area contributed by atoms with Gasteiger partial charge in [-0.1, -0.05) is 97.2 Å². The lowest BCUT2D eigenvalue weighted by Gasteiger charge is -2.20. The molecule has 0 saturated heterocycles. The number of nitrogens with zero attached hydrogens (tertiary/aromatic N) is 4. The molecule has 0 N–H and O–H groups in total. The van der Waals surface area contributed by atoms with Crippen molar-refractivity contribution in [2.24, 2.45) is 0 Å². The van der Waals surface area contributed by atoms with Crippen molar-refractivity contribution >= 4 is 69.6 Å². The fraction of sp³-hybridized carbons (Fsp3) is 0.190. The number of aromatic nitrogens is 2. The Morgan fingerprint density at radius 1 is 0.375 bits per heavy atom. The fourth-order valence-corrected chi connectivity index (χ4v) is 4.64. The second-order valence-corrected chi connectivity index (χ2v) is 10.3. The molecule has 6 heteroatoms. The molecule has 0 unspecified atom stereocenters. The zero-order valence-electron chi connectivity index (χ0n) is 28.6. The van der Waals surface area contributed by atoms with Crippen LogP contribution in [0.3, 0.4) is 0 Å². The van der Waals surface area contributed by atoms with E-state index in [1.165, 1.54) is 22.5 Å². The Kier molecular flexibility index (Phi) is 22.4. The number of benzene rings is 2. The molecule has 0 radical (unpaired) electrons. The molecule has 0 atom stereocenters. The third-order valence-electron chi connectivity index (χ3n) is 7.28. The number of hydrogen-bond donors (Lipinski definition) is 0. The maximum absolute atomic E-state index is 4.00. The fourth-order valence-electron chi connectivity index (χ4n) is 4.64. The SMILES string of the molecule is Br.Br.CCN(CC)c1ccc(C=CC=CC=Cc2ccncc2)cc1.CCN(CC)c1ccc(C=CC=CC=Cc2ccncc2)cc1. The summed E-state index contributed by atoms with van der Waals surface area (Å²) < 4.78 is 0. The Morgan fingerprint density at radius 3 is 0.875 bits per heavy atom. The molecule has 252 valence electrons. The first kappa shape index (κ1) is 41.8. The van der Waals surface area contributed by atoms with E-state index in [-0.39, 0.29) is 34.0 Å². The topological polar surface area (TPSA) is 32.3 Å². The molecule has 2 aromatic heterocycles. The first-order valence-corrected chi connectivity index (χ1v) is 16.2. The van der Waals surface area contributed by atoms with Gasteiger partial charge in [0.1, 0.15) is 0 Å². The lowest BCUT2D eigenvalue weighted by atomic mass is 10.1. The minimum atomic E-state index is 0. The van der Waals surface area contributed by atoms with Crippen LogP contribution in [0, 0.1) is 0 Å². The number of allylic oxidation sites excluding steroid dienone is 8. The summed E-state index contributed by atoms with van der Waals surface area (Å²) in [5, 5.41) is 0. The van der Waals surface area contributed by atoms with Crippen molar-refractivity contribution in [3.8, 4) is 0 Å². The van der Waals surface area contributed by atoms with Crippen LogP contribution in [0.4, 0.5) is 11.4 Å². The summed E-state index contributed by atoms with van der Waals surface area (Å²) in [5.74, 6) is 0. The predicted octanol–water partition coefficient (Wildman–Crippen LogP) is 11.6. The summed E-state index contributed by atoms with van der Waals surface area (Å²) in [5.41, 5.74) is 7.29. The minimum absolute atomic E-state index is 0. The molecular weight excluding hydrogens is 720 g/mol. The molecule has 4 rings (SSSR count). The Bertz CT molecular complexity index is 1430. The largest absolute Gasteiger partial charge is 0.372 e. The van der Waals surface area contributed by atoms with Gasteiger partial charge in [0, 0.05) is 62.3 Å². The molecule has 0 saturated carbocycles. The molecule has 48 heavy (non-hydrogen) atoms. The highest BCUT2D eigenvalue weighted by atomic mass is 79.9. The van der Waals surface area contributed by atoms with Gasteiger partial charge < -0.3 is 9.80 Å². The van der Waals surface area contributed by atoms with Crippen molar-refractivity contribution in [2.45, 2.75) is 27.7 Å². The number of pyridine rings is 2. The van der Waals surface area contributed by atoms with E-state index in [1.54, 1.807) is 24.8 Å². The molecule has 2 aromatic carbocycles. The standard InChI is InChI=1S/2C21H24N2.2BrH/c2*1-3-23(4-2)21-13-11-19(12-14-21)9-7-5-6-8-10-20-15-17-22-18-16-20;;/h2*5-18H,3-4H2,1-2H3;2*1H. The zero-order valence-corrected chi connectivity index (χ0v) is 32.0. The second kappa shape index (κ2) is 25.8. The van der Waals surface area contributed by atoms with E-state index >= 15 is 0 Å². The highest BCUT2D eigenvalue weighted by molar-refractivity contribution is 8.93. The first-order chi connectivity index (χ1) is 22.7. The van der Waals surface area contributed by atoms with E-state index < -0.39 is 0 Å². The molecule has 0 aliphatic heterocycles. The average molecular weight is 771 g/mol. The number of anilines is 2. The van der Waals surface area contributed by atoms with E-state index in [0.29, 0.717) is 0 Å². The third kappa shape index (κ3) is 16.0. The molecule has 4 nitrogen and oxygen atoms in total. The molecule has 4 aromatic rings. The van der Waals surface area contributed by atoms with Crippen molar-refractivity contribution in [3.05, 3.63) is 168 Å². The van der Waals surface area contributed by atoms with Gasteiger partial charge in [0.15, 0.2) is 0 Å². The van der Waals surface area contributed by atoms with Crippen molar-refractivity contribution in [1.82, 2.24) is 9.97 Å². The summed E-state index contributed by atoms with van der Waals surface area (Å²) in [6.45, 7) is 12.9. The van der Waals surface area contributed by atoms with Gasteiger partial charge in [0.25, 0.3) is 0 Å². The summed E-state index contributed by atoms with van der Waals surface area (Å²) in [6, 6.07) is 25.3. The lowest BCUT2D eigenvalue weighted by Crippen LogP contribution is -2.21. The number of rotatable bonds is 14. The van der Waals surface area contributed by atoms with Crippen LogP contribution in [0.25, 0.3) is 24.3 Å². The molecular formula is C42H50Br2N4. The molecule has 0 aliphatic rings. The molecule has 0 bridgehead atoms. The van der Waals surface area contributed by atoms with Crippen LogP contribution in [-0.2, 0) is 0 Å². The predicted molar refractivity (Wildman–Crippen MR) is 224 cm³/mol. The van der Waals surface area contributed by atoms with Crippen LogP contribution < -0.4 is 9.80 Å². The highest BCUT2D eigenvalue weighted by Gasteiger charge is 2.00. The minimum Gasteiger partial charge on any atom is -0.372 e. The van der Waals surface area contributed by atoms with Gasteiger partial charge in [-0.25, -0.2) is 0 Å². The second-order valence-electron chi connectivity index (χ2n) is 10.3. The van der Waals surface area contributed by atoms with Gasteiger partial charge in [-0.15, -0.1) is 34.0 Å². The Labute approximate surface area is 310 Å². The molecule has 0 amide bonds. The normalized spacial score (nSPS) is 11.2. The Morgan fingerprint density at radius 2 is 0.625 bits per heavy atom. The van der Waals surface area contributed by atoms with Crippen LogP contribution in [0.15, 0.2) is 146 Å².